The molecule has 0 saturated heterocycles. The zero-order chi connectivity index (χ0) is 11.7. The Morgan fingerprint density at radius 2 is 1.80 bits per heavy atom. The average Bonchev–Trinajstić information content (AvgIpc) is 2.22. The average molecular weight is 244 g/mol. The van der Waals surface area contributed by atoms with Crippen LogP contribution in [0.15, 0.2) is 0 Å². The molecule has 0 aliphatic heterocycles. The minimum absolute atomic E-state index is 0.427. The summed E-state index contributed by atoms with van der Waals surface area (Å²) in [6, 6.07) is 0. The van der Waals surface area contributed by atoms with Crippen LogP contribution in [0.2, 0.25) is 0 Å². The van der Waals surface area contributed by atoms with E-state index >= 15 is 0 Å². The molecule has 0 aromatic rings. The minimum Gasteiger partial charge on any atom is -0.175 e. The van der Waals surface area contributed by atoms with Gasteiger partial charge >= 0.3 is 0 Å². The lowest BCUT2D eigenvalue weighted by molar-refractivity contribution is 0.620. The summed E-state index contributed by atoms with van der Waals surface area (Å²) in [5, 5.41) is 1.15. The lowest BCUT2D eigenvalue weighted by atomic mass is 10.1. The van der Waals surface area contributed by atoms with E-state index in [1.807, 2.05) is 11.8 Å². The summed E-state index contributed by atoms with van der Waals surface area (Å²) in [7, 11) is 0. The topological polar surface area (TPSA) is 0 Å². The number of hydrogen-bond donors (Lipinski definition) is 1. The molecule has 0 aromatic heterocycles. The molecule has 0 rings (SSSR count). The first-order valence-corrected chi connectivity index (χ1v) is 7.58. The van der Waals surface area contributed by atoms with Gasteiger partial charge in [-0.25, -0.2) is 0 Å². The van der Waals surface area contributed by atoms with E-state index in [4.69, 9.17) is 0 Å². The normalized spacial score (nSPS) is 14.5. The lowest BCUT2D eigenvalue weighted by Crippen LogP contribution is -2.06. The molecule has 0 aliphatic rings. The molecule has 0 radical (unpaired) electrons. The Morgan fingerprint density at radius 1 is 1.20 bits per heavy atom. The van der Waals surface area contributed by atoms with Gasteiger partial charge in [-0.15, -0.1) is 11.8 Å². The first-order valence-electron chi connectivity index (χ1n) is 5.78. The van der Waals surface area contributed by atoms with Gasteiger partial charge in [-0.1, -0.05) is 27.2 Å². The maximum Gasteiger partial charge on any atom is 0.0208 e. The highest BCUT2D eigenvalue weighted by molar-refractivity contribution is 7.99. The summed E-state index contributed by atoms with van der Waals surface area (Å²) >= 11 is 6.44. The molecule has 0 spiro atoms. The van der Waals surface area contributed by atoms with Crippen molar-refractivity contribution in [2.45, 2.75) is 57.0 Å². The molecule has 0 nitrogen and oxygen atoms in total. The second-order valence-electron chi connectivity index (χ2n) is 4.22. The molecule has 0 saturated carbocycles. The van der Waals surface area contributed by atoms with Gasteiger partial charge in [0.1, 0.15) is 0 Å². The van der Waals surface area contributed by atoms with Gasteiger partial charge in [0, 0.05) is 23.3 Å². The predicted molar refractivity (Wildman–Crippen MR) is 76.8 cm³/mol. The number of thioether (sulfide) groups is 1. The zero-order valence-corrected chi connectivity index (χ0v) is 12.1. The van der Waals surface area contributed by atoms with Crippen LogP contribution in [0, 0.1) is 17.8 Å². The lowest BCUT2D eigenvalue weighted by Gasteiger charge is -2.10. The molecule has 0 heterocycles. The van der Waals surface area contributed by atoms with Crippen LogP contribution in [-0.2, 0) is 0 Å². The summed E-state index contributed by atoms with van der Waals surface area (Å²) in [5.41, 5.74) is 0. The molecule has 0 fully saturated rings. The van der Waals surface area contributed by atoms with Crippen LogP contribution in [0.25, 0.3) is 0 Å². The first-order chi connectivity index (χ1) is 7.11. The van der Waals surface area contributed by atoms with Crippen molar-refractivity contribution in [1.82, 2.24) is 0 Å². The smallest absolute Gasteiger partial charge is 0.0208 e. The van der Waals surface area contributed by atoms with Crippen molar-refractivity contribution in [2.24, 2.45) is 5.92 Å². The molecule has 0 amide bonds. The van der Waals surface area contributed by atoms with Crippen LogP contribution in [0.4, 0.5) is 0 Å². The molecule has 2 unspecified atom stereocenters. The maximum atomic E-state index is 4.51. The molecule has 0 aromatic carbocycles. The Balaban J connectivity index is 3.77. The maximum absolute atomic E-state index is 4.51. The van der Waals surface area contributed by atoms with E-state index in [9.17, 15) is 0 Å². The molecular weight excluding hydrogens is 220 g/mol. The second-order valence-corrected chi connectivity index (χ2v) is 6.02. The Bertz CT molecular complexity index is 200. The van der Waals surface area contributed by atoms with Crippen LogP contribution < -0.4 is 0 Å². The van der Waals surface area contributed by atoms with Crippen molar-refractivity contribution in [3.8, 4) is 11.8 Å². The predicted octanol–water partition coefficient (Wildman–Crippen LogP) is 4.26. The van der Waals surface area contributed by atoms with Crippen LogP contribution in [0.1, 0.15) is 46.5 Å². The van der Waals surface area contributed by atoms with Crippen LogP contribution in [0.3, 0.4) is 0 Å². The standard InChI is InChI=1S/C13H24S2/c1-5-8-12(15-4)9-6-7-10-13(14)11(2)3/h11-14H,5,8-10H2,1-4H3. The third-order valence-corrected chi connectivity index (χ3v) is 4.33. The monoisotopic (exact) mass is 244 g/mol. The van der Waals surface area contributed by atoms with Crippen molar-refractivity contribution < 1.29 is 0 Å². The fourth-order valence-electron chi connectivity index (χ4n) is 1.22. The van der Waals surface area contributed by atoms with E-state index in [2.05, 4.69) is 51.5 Å². The summed E-state index contributed by atoms with van der Waals surface area (Å²) in [5.74, 6) is 7.16. The van der Waals surface area contributed by atoms with E-state index in [-0.39, 0.29) is 0 Å². The van der Waals surface area contributed by atoms with E-state index in [0.717, 1.165) is 18.1 Å². The van der Waals surface area contributed by atoms with Crippen LogP contribution in [0.5, 0.6) is 0 Å². The summed E-state index contributed by atoms with van der Waals surface area (Å²) in [6.07, 6.45) is 6.68. The molecule has 0 bridgehead atoms. The summed E-state index contributed by atoms with van der Waals surface area (Å²) in [4.78, 5) is 0. The Labute approximate surface area is 105 Å². The summed E-state index contributed by atoms with van der Waals surface area (Å²) in [6.45, 7) is 6.63. The molecule has 2 atom stereocenters. The Kier molecular flexibility index (Phi) is 9.65. The quantitative estimate of drug-likeness (QED) is 0.538. The van der Waals surface area contributed by atoms with E-state index < -0.39 is 0 Å². The fourth-order valence-corrected chi connectivity index (χ4v) is 2.04. The van der Waals surface area contributed by atoms with Crippen molar-refractivity contribution in [3.63, 3.8) is 0 Å². The van der Waals surface area contributed by atoms with Crippen molar-refractivity contribution in [3.05, 3.63) is 0 Å². The molecule has 15 heavy (non-hydrogen) atoms. The zero-order valence-electron chi connectivity index (χ0n) is 10.4. The van der Waals surface area contributed by atoms with Gasteiger partial charge in [0.2, 0.25) is 0 Å². The molecule has 88 valence electrons. The highest BCUT2D eigenvalue weighted by Gasteiger charge is 2.05. The number of hydrogen-bond acceptors (Lipinski definition) is 2. The third-order valence-electron chi connectivity index (χ3n) is 2.48. The van der Waals surface area contributed by atoms with Crippen molar-refractivity contribution in [2.75, 3.05) is 6.26 Å². The van der Waals surface area contributed by atoms with Gasteiger partial charge in [0.25, 0.3) is 0 Å². The van der Waals surface area contributed by atoms with Crippen molar-refractivity contribution >= 4 is 24.4 Å². The Hall–Kier alpha value is 0.260. The molecule has 0 N–H and O–H groups in total. The van der Waals surface area contributed by atoms with Gasteiger partial charge in [-0.2, -0.15) is 24.4 Å². The highest BCUT2D eigenvalue weighted by Crippen LogP contribution is 2.16. The second kappa shape index (κ2) is 9.48. The first kappa shape index (κ1) is 15.3. The van der Waals surface area contributed by atoms with Gasteiger partial charge in [0.05, 0.1) is 0 Å². The van der Waals surface area contributed by atoms with Gasteiger partial charge < -0.3 is 0 Å². The van der Waals surface area contributed by atoms with Gasteiger partial charge in [-0.3, -0.25) is 0 Å². The van der Waals surface area contributed by atoms with Crippen LogP contribution >= 0.6 is 24.4 Å². The number of rotatable bonds is 6. The molecular formula is C13H24S2. The number of thiol groups is 1. The van der Waals surface area contributed by atoms with Gasteiger partial charge in [-0.05, 0) is 18.6 Å². The van der Waals surface area contributed by atoms with E-state index in [0.29, 0.717) is 11.2 Å². The highest BCUT2D eigenvalue weighted by atomic mass is 32.2. The minimum atomic E-state index is 0.427. The van der Waals surface area contributed by atoms with Crippen molar-refractivity contribution in [1.29, 1.82) is 0 Å². The fraction of sp³-hybridized carbons (Fsp3) is 0.846. The van der Waals surface area contributed by atoms with E-state index in [1.54, 1.807) is 0 Å². The summed E-state index contributed by atoms with van der Waals surface area (Å²) < 4.78 is 0. The van der Waals surface area contributed by atoms with Gasteiger partial charge in [0.15, 0.2) is 0 Å². The SMILES string of the molecule is CCCC(CC#CCC(S)C(C)C)SC. The third kappa shape index (κ3) is 8.11. The molecule has 0 aliphatic carbocycles. The van der Waals surface area contributed by atoms with E-state index in [1.165, 1.54) is 12.8 Å². The molecule has 2 heteroatoms. The largest absolute Gasteiger partial charge is 0.175 e. The van der Waals surface area contributed by atoms with Crippen LogP contribution in [-0.4, -0.2) is 16.8 Å². The Morgan fingerprint density at radius 3 is 2.27 bits per heavy atom.